The number of carbonyl (C=O) groups is 2. The molecule has 2 aromatic carbocycles. The van der Waals surface area contributed by atoms with Crippen LogP contribution in [-0.2, 0) is 11.3 Å². The van der Waals surface area contributed by atoms with E-state index in [1.54, 1.807) is 4.90 Å². The summed E-state index contributed by atoms with van der Waals surface area (Å²) in [5.41, 5.74) is 2.87. The molecular formula is C23H27N3O2. The maximum atomic E-state index is 12.6. The molecule has 2 aliphatic heterocycles. The fraction of sp³-hybridized carbons (Fsp3) is 0.391. The van der Waals surface area contributed by atoms with Crippen LogP contribution in [0.15, 0.2) is 54.6 Å². The molecule has 2 aliphatic rings. The summed E-state index contributed by atoms with van der Waals surface area (Å²) in [6, 6.07) is 18.1. The van der Waals surface area contributed by atoms with Gasteiger partial charge < -0.3 is 10.2 Å². The third-order valence-electron chi connectivity index (χ3n) is 5.69. The number of anilines is 1. The normalized spacial score (nSPS) is 18.4. The Kier molecular flexibility index (Phi) is 5.72. The number of likely N-dealkylation sites (tertiary alicyclic amines) is 1. The zero-order valence-electron chi connectivity index (χ0n) is 16.1. The van der Waals surface area contributed by atoms with Gasteiger partial charge >= 0.3 is 0 Å². The lowest BCUT2D eigenvalue weighted by molar-refractivity contribution is -0.117. The first-order valence-corrected chi connectivity index (χ1v) is 10.2. The summed E-state index contributed by atoms with van der Waals surface area (Å²) in [6.07, 6.45) is 3.47. The van der Waals surface area contributed by atoms with E-state index >= 15 is 0 Å². The lowest BCUT2D eigenvalue weighted by atomic mass is 10.0. The molecular weight excluding hydrogens is 350 g/mol. The Morgan fingerprint density at radius 1 is 0.964 bits per heavy atom. The summed E-state index contributed by atoms with van der Waals surface area (Å²) in [7, 11) is 0. The van der Waals surface area contributed by atoms with Gasteiger partial charge in [-0.2, -0.15) is 0 Å². The molecule has 2 aromatic rings. The third kappa shape index (κ3) is 4.42. The molecule has 2 saturated heterocycles. The first-order chi connectivity index (χ1) is 13.7. The largest absolute Gasteiger partial charge is 0.349 e. The van der Waals surface area contributed by atoms with Gasteiger partial charge in [-0.05, 0) is 49.1 Å². The molecule has 0 radical (unpaired) electrons. The van der Waals surface area contributed by atoms with Gasteiger partial charge in [-0.3, -0.25) is 14.5 Å². The molecule has 0 atom stereocenters. The Labute approximate surface area is 166 Å². The number of amides is 2. The van der Waals surface area contributed by atoms with E-state index in [0.717, 1.165) is 51.1 Å². The number of rotatable bonds is 5. The first-order valence-electron chi connectivity index (χ1n) is 10.2. The minimum atomic E-state index is -0.0270. The van der Waals surface area contributed by atoms with Crippen LogP contribution in [0.5, 0.6) is 0 Å². The molecule has 0 unspecified atom stereocenters. The van der Waals surface area contributed by atoms with Crippen molar-refractivity contribution in [2.24, 2.45) is 0 Å². The van der Waals surface area contributed by atoms with Gasteiger partial charge in [0.25, 0.3) is 5.91 Å². The van der Waals surface area contributed by atoms with E-state index in [4.69, 9.17) is 0 Å². The number of hydrogen-bond donors (Lipinski definition) is 1. The lowest BCUT2D eigenvalue weighted by Crippen LogP contribution is -2.44. The molecule has 2 heterocycles. The van der Waals surface area contributed by atoms with E-state index in [0.29, 0.717) is 12.0 Å². The van der Waals surface area contributed by atoms with Gasteiger partial charge in [-0.15, -0.1) is 0 Å². The average molecular weight is 377 g/mol. The quantitative estimate of drug-likeness (QED) is 0.871. The zero-order valence-corrected chi connectivity index (χ0v) is 16.1. The summed E-state index contributed by atoms with van der Waals surface area (Å²) >= 11 is 0. The second kappa shape index (κ2) is 8.57. The summed E-state index contributed by atoms with van der Waals surface area (Å²) in [5, 5.41) is 3.17. The van der Waals surface area contributed by atoms with Crippen molar-refractivity contribution < 1.29 is 9.59 Å². The third-order valence-corrected chi connectivity index (χ3v) is 5.69. The fourth-order valence-corrected chi connectivity index (χ4v) is 4.06. The van der Waals surface area contributed by atoms with Crippen molar-refractivity contribution in [2.75, 3.05) is 24.5 Å². The minimum Gasteiger partial charge on any atom is -0.349 e. The van der Waals surface area contributed by atoms with Crippen LogP contribution in [0.2, 0.25) is 0 Å². The number of piperidine rings is 1. The molecule has 4 rings (SSSR count). The van der Waals surface area contributed by atoms with Gasteiger partial charge in [0.2, 0.25) is 5.91 Å². The Balaban J connectivity index is 1.27. The van der Waals surface area contributed by atoms with Crippen LogP contribution in [0.3, 0.4) is 0 Å². The smallest absolute Gasteiger partial charge is 0.251 e. The van der Waals surface area contributed by atoms with Gasteiger partial charge in [0.15, 0.2) is 0 Å². The van der Waals surface area contributed by atoms with Crippen molar-refractivity contribution in [2.45, 2.75) is 38.3 Å². The van der Waals surface area contributed by atoms with Crippen LogP contribution < -0.4 is 10.2 Å². The number of nitrogens with one attached hydrogen (secondary N) is 1. The van der Waals surface area contributed by atoms with E-state index in [-0.39, 0.29) is 17.9 Å². The van der Waals surface area contributed by atoms with Crippen molar-refractivity contribution in [1.82, 2.24) is 10.2 Å². The van der Waals surface area contributed by atoms with Gasteiger partial charge in [-0.25, -0.2) is 0 Å². The van der Waals surface area contributed by atoms with E-state index < -0.39 is 0 Å². The van der Waals surface area contributed by atoms with Crippen LogP contribution in [0.4, 0.5) is 5.69 Å². The summed E-state index contributed by atoms with van der Waals surface area (Å²) in [5.74, 6) is 0.139. The van der Waals surface area contributed by atoms with E-state index in [1.807, 2.05) is 30.3 Å². The lowest BCUT2D eigenvalue weighted by Gasteiger charge is -2.32. The number of nitrogens with zero attached hydrogens (tertiary/aromatic N) is 2. The second-order valence-electron chi connectivity index (χ2n) is 7.71. The molecule has 0 spiro atoms. The maximum Gasteiger partial charge on any atom is 0.251 e. The Hall–Kier alpha value is -2.66. The highest BCUT2D eigenvalue weighted by Gasteiger charge is 2.23. The van der Waals surface area contributed by atoms with Crippen LogP contribution >= 0.6 is 0 Å². The molecule has 146 valence electrons. The topological polar surface area (TPSA) is 52.7 Å². The van der Waals surface area contributed by atoms with Crippen molar-refractivity contribution in [1.29, 1.82) is 0 Å². The van der Waals surface area contributed by atoms with Crippen LogP contribution in [0.25, 0.3) is 0 Å². The van der Waals surface area contributed by atoms with Crippen LogP contribution in [-0.4, -0.2) is 42.4 Å². The highest BCUT2D eigenvalue weighted by Crippen LogP contribution is 2.22. The van der Waals surface area contributed by atoms with Crippen molar-refractivity contribution in [3.8, 4) is 0 Å². The summed E-state index contributed by atoms with van der Waals surface area (Å²) in [6.45, 7) is 3.73. The highest BCUT2D eigenvalue weighted by molar-refractivity contribution is 5.97. The van der Waals surface area contributed by atoms with Crippen LogP contribution in [0.1, 0.15) is 41.6 Å². The predicted octanol–water partition coefficient (Wildman–Crippen LogP) is 3.21. The monoisotopic (exact) mass is 377 g/mol. The molecule has 2 fully saturated rings. The molecule has 0 aromatic heterocycles. The first kappa shape index (κ1) is 18.7. The average Bonchev–Trinajstić information content (AvgIpc) is 3.16. The predicted molar refractivity (Wildman–Crippen MR) is 110 cm³/mol. The SMILES string of the molecule is O=C(NC1CCN(Cc2ccccc2)CC1)c1ccc(N2CCCC2=O)cc1. The molecule has 1 N–H and O–H groups in total. The van der Waals surface area contributed by atoms with Gasteiger partial charge in [0.05, 0.1) is 0 Å². The van der Waals surface area contributed by atoms with Crippen LogP contribution in [0, 0.1) is 0 Å². The Bertz CT molecular complexity index is 812. The van der Waals surface area contributed by atoms with E-state index in [2.05, 4.69) is 34.5 Å². The second-order valence-corrected chi connectivity index (χ2v) is 7.71. The van der Waals surface area contributed by atoms with E-state index in [9.17, 15) is 9.59 Å². The highest BCUT2D eigenvalue weighted by atomic mass is 16.2. The molecule has 28 heavy (non-hydrogen) atoms. The zero-order chi connectivity index (χ0) is 19.3. The molecule has 5 heteroatoms. The number of carbonyl (C=O) groups excluding carboxylic acids is 2. The summed E-state index contributed by atoms with van der Waals surface area (Å²) < 4.78 is 0. The molecule has 0 aliphatic carbocycles. The van der Waals surface area contributed by atoms with Gasteiger partial charge in [0, 0.05) is 49.9 Å². The molecule has 5 nitrogen and oxygen atoms in total. The van der Waals surface area contributed by atoms with Crippen molar-refractivity contribution >= 4 is 17.5 Å². The Morgan fingerprint density at radius 2 is 1.68 bits per heavy atom. The fourth-order valence-electron chi connectivity index (χ4n) is 4.06. The van der Waals surface area contributed by atoms with Crippen molar-refractivity contribution in [3.63, 3.8) is 0 Å². The van der Waals surface area contributed by atoms with E-state index in [1.165, 1.54) is 5.56 Å². The molecule has 2 amide bonds. The summed E-state index contributed by atoms with van der Waals surface area (Å²) in [4.78, 5) is 28.7. The van der Waals surface area contributed by atoms with Gasteiger partial charge in [0.1, 0.15) is 0 Å². The maximum absolute atomic E-state index is 12.6. The number of benzene rings is 2. The van der Waals surface area contributed by atoms with Gasteiger partial charge in [-0.1, -0.05) is 30.3 Å². The molecule has 0 bridgehead atoms. The van der Waals surface area contributed by atoms with Crippen molar-refractivity contribution in [3.05, 3.63) is 65.7 Å². The molecule has 0 saturated carbocycles. The standard InChI is InChI=1S/C23H27N3O2/c27-22-7-4-14-26(22)21-10-8-19(9-11-21)23(28)24-20-12-15-25(16-13-20)17-18-5-2-1-3-6-18/h1-3,5-6,8-11,20H,4,7,12-17H2,(H,24,28). The minimum absolute atomic E-state index is 0.0270. The number of hydrogen-bond acceptors (Lipinski definition) is 3. The Morgan fingerprint density at radius 3 is 2.32 bits per heavy atom.